The lowest BCUT2D eigenvalue weighted by molar-refractivity contribution is 0.0320. The van der Waals surface area contributed by atoms with E-state index >= 15 is 0 Å². The zero-order valence-electron chi connectivity index (χ0n) is 9.26. The second kappa shape index (κ2) is 4.77. The summed E-state index contributed by atoms with van der Waals surface area (Å²) in [4.78, 5) is 2.42. The van der Waals surface area contributed by atoms with Gasteiger partial charge >= 0.3 is 0 Å². The van der Waals surface area contributed by atoms with Crippen LogP contribution in [0.1, 0.15) is 18.9 Å². The lowest BCUT2D eigenvalue weighted by atomic mass is 9.96. The van der Waals surface area contributed by atoms with Crippen LogP contribution < -0.4 is 0 Å². The minimum atomic E-state index is -0.1000. The predicted molar refractivity (Wildman–Crippen MR) is 61.5 cm³/mol. The number of aliphatic hydroxyl groups is 1. The molecule has 82 valence electrons. The molecule has 0 spiro atoms. The van der Waals surface area contributed by atoms with Crippen molar-refractivity contribution in [3.05, 3.63) is 35.9 Å². The quantitative estimate of drug-likeness (QED) is 0.797. The van der Waals surface area contributed by atoms with Crippen molar-refractivity contribution in [2.45, 2.75) is 26.0 Å². The Labute approximate surface area is 91.5 Å². The fourth-order valence-corrected chi connectivity index (χ4v) is 2.20. The zero-order valence-corrected chi connectivity index (χ0v) is 9.26. The van der Waals surface area contributed by atoms with E-state index in [0.717, 1.165) is 26.1 Å². The maximum Gasteiger partial charge on any atom is 0.0590 e. The van der Waals surface area contributed by atoms with Gasteiger partial charge in [0.15, 0.2) is 0 Å². The number of rotatable bonds is 2. The van der Waals surface area contributed by atoms with Crippen molar-refractivity contribution in [3.8, 4) is 0 Å². The van der Waals surface area contributed by atoms with E-state index in [1.807, 2.05) is 6.07 Å². The molecule has 1 aliphatic rings. The topological polar surface area (TPSA) is 23.5 Å². The molecule has 1 saturated heterocycles. The number of piperidine rings is 1. The SMILES string of the molecule is C[C@H]1CN(Cc2ccccc2)CC[C@H]1O. The standard InChI is InChI=1S/C13H19NO/c1-11-9-14(8-7-13(11)15)10-12-5-3-2-4-6-12/h2-6,11,13,15H,7-10H2,1H3/t11-,13+/m0/s1. The van der Waals surface area contributed by atoms with Gasteiger partial charge in [0.25, 0.3) is 0 Å². The van der Waals surface area contributed by atoms with Crippen molar-refractivity contribution in [3.63, 3.8) is 0 Å². The first-order valence-corrected chi connectivity index (χ1v) is 5.70. The third kappa shape index (κ3) is 2.80. The van der Waals surface area contributed by atoms with Gasteiger partial charge in [-0.3, -0.25) is 4.90 Å². The van der Waals surface area contributed by atoms with Crippen LogP contribution in [0.2, 0.25) is 0 Å². The number of likely N-dealkylation sites (tertiary alicyclic amines) is 1. The Kier molecular flexibility index (Phi) is 3.39. The molecule has 2 nitrogen and oxygen atoms in total. The first-order chi connectivity index (χ1) is 7.25. The van der Waals surface area contributed by atoms with Crippen molar-refractivity contribution in [1.29, 1.82) is 0 Å². The molecule has 0 amide bonds. The Balaban J connectivity index is 1.91. The van der Waals surface area contributed by atoms with Gasteiger partial charge < -0.3 is 5.11 Å². The molecule has 2 heteroatoms. The smallest absolute Gasteiger partial charge is 0.0590 e. The molecule has 1 aromatic carbocycles. The second-order valence-electron chi connectivity index (χ2n) is 4.55. The summed E-state index contributed by atoms with van der Waals surface area (Å²) in [6, 6.07) is 10.5. The van der Waals surface area contributed by atoms with Crippen LogP contribution in [0, 0.1) is 5.92 Å². The summed E-state index contributed by atoms with van der Waals surface area (Å²) < 4.78 is 0. The van der Waals surface area contributed by atoms with Crippen molar-refractivity contribution in [1.82, 2.24) is 4.90 Å². The van der Waals surface area contributed by atoms with Crippen molar-refractivity contribution >= 4 is 0 Å². The largest absolute Gasteiger partial charge is 0.393 e. The van der Waals surface area contributed by atoms with Gasteiger partial charge in [-0.2, -0.15) is 0 Å². The van der Waals surface area contributed by atoms with Gasteiger partial charge in [-0.05, 0) is 17.9 Å². The molecule has 1 heterocycles. The number of hydrogen-bond acceptors (Lipinski definition) is 2. The Bertz CT molecular complexity index is 299. The van der Waals surface area contributed by atoms with Crippen LogP contribution in [0.5, 0.6) is 0 Å². The molecule has 0 saturated carbocycles. The Morgan fingerprint density at radius 3 is 2.73 bits per heavy atom. The van der Waals surface area contributed by atoms with E-state index in [4.69, 9.17) is 0 Å². The van der Waals surface area contributed by atoms with E-state index in [0.29, 0.717) is 5.92 Å². The maximum absolute atomic E-state index is 9.63. The average Bonchev–Trinajstić information content (AvgIpc) is 2.25. The summed E-state index contributed by atoms with van der Waals surface area (Å²) in [5.74, 6) is 0.405. The van der Waals surface area contributed by atoms with Crippen LogP contribution in [0.15, 0.2) is 30.3 Å². The van der Waals surface area contributed by atoms with Gasteiger partial charge in [0, 0.05) is 19.6 Å². The van der Waals surface area contributed by atoms with Gasteiger partial charge in [0.1, 0.15) is 0 Å². The fraction of sp³-hybridized carbons (Fsp3) is 0.538. The molecule has 0 unspecified atom stereocenters. The number of aliphatic hydroxyl groups excluding tert-OH is 1. The molecule has 2 atom stereocenters. The van der Waals surface area contributed by atoms with Crippen LogP contribution in [-0.4, -0.2) is 29.2 Å². The molecule has 0 aromatic heterocycles. The van der Waals surface area contributed by atoms with E-state index in [-0.39, 0.29) is 6.10 Å². The maximum atomic E-state index is 9.63. The van der Waals surface area contributed by atoms with Crippen molar-refractivity contribution < 1.29 is 5.11 Å². The summed E-state index contributed by atoms with van der Waals surface area (Å²) in [7, 11) is 0. The molecule has 1 N–H and O–H groups in total. The molecular weight excluding hydrogens is 186 g/mol. The van der Waals surface area contributed by atoms with Gasteiger partial charge in [0.05, 0.1) is 6.10 Å². The highest BCUT2D eigenvalue weighted by Crippen LogP contribution is 2.18. The third-order valence-electron chi connectivity index (χ3n) is 3.19. The lowest BCUT2D eigenvalue weighted by Gasteiger charge is -2.34. The molecule has 0 bridgehead atoms. The summed E-state index contributed by atoms with van der Waals surface area (Å²) in [6.45, 7) is 5.16. The first-order valence-electron chi connectivity index (χ1n) is 5.70. The Morgan fingerprint density at radius 2 is 2.07 bits per heavy atom. The number of benzene rings is 1. The van der Waals surface area contributed by atoms with E-state index < -0.39 is 0 Å². The molecule has 1 fully saturated rings. The highest BCUT2D eigenvalue weighted by Gasteiger charge is 2.23. The number of nitrogens with zero attached hydrogens (tertiary/aromatic N) is 1. The molecule has 0 aliphatic carbocycles. The van der Waals surface area contributed by atoms with Crippen molar-refractivity contribution in [2.24, 2.45) is 5.92 Å². The minimum Gasteiger partial charge on any atom is -0.393 e. The predicted octanol–water partition coefficient (Wildman–Crippen LogP) is 1.89. The summed E-state index contributed by atoms with van der Waals surface area (Å²) in [5.41, 5.74) is 1.36. The van der Waals surface area contributed by atoms with Gasteiger partial charge in [-0.15, -0.1) is 0 Å². The van der Waals surface area contributed by atoms with Gasteiger partial charge in [-0.25, -0.2) is 0 Å². The summed E-state index contributed by atoms with van der Waals surface area (Å²) in [6.07, 6.45) is 0.811. The Morgan fingerprint density at radius 1 is 1.33 bits per heavy atom. The van der Waals surface area contributed by atoms with Crippen LogP contribution in [-0.2, 0) is 6.54 Å². The van der Waals surface area contributed by atoms with Gasteiger partial charge in [-0.1, -0.05) is 37.3 Å². The zero-order chi connectivity index (χ0) is 10.7. The number of hydrogen-bond donors (Lipinski definition) is 1. The van der Waals surface area contributed by atoms with Crippen molar-refractivity contribution in [2.75, 3.05) is 13.1 Å². The molecule has 1 aliphatic heterocycles. The van der Waals surface area contributed by atoms with Gasteiger partial charge in [0.2, 0.25) is 0 Å². The Hall–Kier alpha value is -0.860. The first kappa shape index (κ1) is 10.7. The minimum absolute atomic E-state index is 0.1000. The van der Waals surface area contributed by atoms with Crippen LogP contribution in [0.3, 0.4) is 0 Å². The van der Waals surface area contributed by atoms with Crippen LogP contribution in [0.25, 0.3) is 0 Å². The van der Waals surface area contributed by atoms with E-state index in [1.165, 1.54) is 5.56 Å². The normalized spacial score (nSPS) is 27.9. The second-order valence-corrected chi connectivity index (χ2v) is 4.55. The molecule has 2 rings (SSSR count). The molecule has 15 heavy (non-hydrogen) atoms. The molecular formula is C13H19NO. The molecule has 1 aromatic rings. The van der Waals surface area contributed by atoms with E-state index in [2.05, 4.69) is 36.1 Å². The highest BCUT2D eigenvalue weighted by molar-refractivity contribution is 5.14. The monoisotopic (exact) mass is 205 g/mol. The lowest BCUT2D eigenvalue weighted by Crippen LogP contribution is -2.41. The van der Waals surface area contributed by atoms with Crippen LogP contribution >= 0.6 is 0 Å². The molecule has 0 radical (unpaired) electrons. The highest BCUT2D eigenvalue weighted by atomic mass is 16.3. The summed E-state index contributed by atoms with van der Waals surface area (Å²) >= 11 is 0. The average molecular weight is 205 g/mol. The fourth-order valence-electron chi connectivity index (χ4n) is 2.20. The summed E-state index contributed by atoms with van der Waals surface area (Å²) in [5, 5.41) is 9.63. The third-order valence-corrected chi connectivity index (χ3v) is 3.19. The van der Waals surface area contributed by atoms with E-state index in [1.54, 1.807) is 0 Å². The van der Waals surface area contributed by atoms with E-state index in [9.17, 15) is 5.11 Å². The van der Waals surface area contributed by atoms with Crippen LogP contribution in [0.4, 0.5) is 0 Å².